The van der Waals surface area contributed by atoms with Crippen molar-refractivity contribution in [1.29, 1.82) is 0 Å². The summed E-state index contributed by atoms with van der Waals surface area (Å²) in [6.07, 6.45) is 0.623. The number of nitrogens with zero attached hydrogens (tertiary/aromatic N) is 4. The van der Waals surface area contributed by atoms with Crippen LogP contribution in [0.5, 0.6) is 0 Å². The number of thioether (sulfide) groups is 1. The second-order valence-corrected chi connectivity index (χ2v) is 6.70. The summed E-state index contributed by atoms with van der Waals surface area (Å²) >= 11 is 1.41. The molecular weight excluding hydrogens is 322 g/mol. The van der Waals surface area contributed by atoms with Gasteiger partial charge in [-0.1, -0.05) is 42.1 Å². The first-order chi connectivity index (χ1) is 11.6. The van der Waals surface area contributed by atoms with Crippen LogP contribution in [0.15, 0.2) is 41.6 Å². The molecule has 1 amide bonds. The average molecular weight is 341 g/mol. The van der Waals surface area contributed by atoms with Gasteiger partial charge in [-0.15, -0.1) is 10.2 Å². The predicted octanol–water partition coefficient (Wildman–Crippen LogP) is 2.19. The van der Waals surface area contributed by atoms with Crippen molar-refractivity contribution in [2.24, 2.45) is 0 Å². The van der Waals surface area contributed by atoms with Crippen molar-refractivity contribution in [3.05, 3.63) is 53.5 Å². The van der Waals surface area contributed by atoms with Crippen LogP contribution in [-0.2, 0) is 11.2 Å². The molecule has 0 spiro atoms. The molecule has 6 nitrogen and oxygen atoms in total. The summed E-state index contributed by atoms with van der Waals surface area (Å²) in [5.74, 6) is 0.784. The zero-order valence-corrected chi connectivity index (χ0v) is 14.7. The molecule has 2 aromatic heterocycles. The van der Waals surface area contributed by atoms with Crippen LogP contribution in [0.25, 0.3) is 5.65 Å². The molecule has 0 radical (unpaired) electrons. The third kappa shape index (κ3) is 3.41. The van der Waals surface area contributed by atoms with Crippen molar-refractivity contribution in [2.45, 2.75) is 30.7 Å². The summed E-state index contributed by atoms with van der Waals surface area (Å²) in [7, 11) is 1.65. The van der Waals surface area contributed by atoms with Crippen LogP contribution in [0.2, 0.25) is 0 Å². The Labute approximate surface area is 144 Å². The van der Waals surface area contributed by atoms with Gasteiger partial charge in [0.1, 0.15) is 5.82 Å². The number of hydrogen-bond acceptors (Lipinski definition) is 5. The van der Waals surface area contributed by atoms with Crippen molar-refractivity contribution >= 4 is 23.3 Å². The Morgan fingerprint density at radius 2 is 2.00 bits per heavy atom. The number of fused-ring (bicyclic) bond motifs is 1. The molecule has 24 heavy (non-hydrogen) atoms. The number of hydrogen-bond donors (Lipinski definition) is 1. The number of amides is 1. The SMILES string of the molecule is CNC(=O)C(Cc1ccccc1)Sc1nnc2cc(C)nc(C)n12. The van der Waals surface area contributed by atoms with Gasteiger partial charge >= 0.3 is 0 Å². The normalized spacial score (nSPS) is 12.3. The van der Waals surface area contributed by atoms with Crippen LogP contribution < -0.4 is 5.32 Å². The number of carbonyl (C=O) groups is 1. The van der Waals surface area contributed by atoms with Gasteiger partial charge in [-0.25, -0.2) is 4.98 Å². The van der Waals surface area contributed by atoms with Crippen LogP contribution >= 0.6 is 11.8 Å². The Bertz CT molecular complexity index is 862. The summed E-state index contributed by atoms with van der Waals surface area (Å²) in [5.41, 5.74) is 2.76. The lowest BCUT2D eigenvalue weighted by molar-refractivity contribution is -0.120. The predicted molar refractivity (Wildman–Crippen MR) is 94.1 cm³/mol. The maximum atomic E-state index is 12.3. The van der Waals surface area contributed by atoms with Gasteiger partial charge in [0, 0.05) is 18.8 Å². The first kappa shape index (κ1) is 16.4. The molecule has 0 saturated carbocycles. The lowest BCUT2D eigenvalue weighted by Gasteiger charge is -2.14. The van der Waals surface area contributed by atoms with Gasteiger partial charge < -0.3 is 5.32 Å². The molecule has 1 atom stereocenters. The van der Waals surface area contributed by atoms with Gasteiger partial charge in [0.25, 0.3) is 0 Å². The number of aromatic nitrogens is 4. The molecule has 3 rings (SSSR count). The highest BCUT2D eigenvalue weighted by Gasteiger charge is 2.23. The van der Waals surface area contributed by atoms with Crippen molar-refractivity contribution in [3.63, 3.8) is 0 Å². The van der Waals surface area contributed by atoms with Gasteiger partial charge in [-0.05, 0) is 25.8 Å². The van der Waals surface area contributed by atoms with Crippen LogP contribution in [0.3, 0.4) is 0 Å². The van der Waals surface area contributed by atoms with E-state index in [9.17, 15) is 4.79 Å². The van der Waals surface area contributed by atoms with E-state index in [2.05, 4.69) is 20.5 Å². The molecule has 124 valence electrons. The summed E-state index contributed by atoms with van der Waals surface area (Å²) in [4.78, 5) is 16.8. The van der Waals surface area contributed by atoms with E-state index in [0.29, 0.717) is 11.6 Å². The third-order valence-electron chi connectivity index (χ3n) is 3.71. The van der Waals surface area contributed by atoms with Crippen LogP contribution in [0.4, 0.5) is 0 Å². The minimum Gasteiger partial charge on any atom is -0.358 e. The highest BCUT2D eigenvalue weighted by Crippen LogP contribution is 2.26. The van der Waals surface area contributed by atoms with E-state index in [0.717, 1.165) is 22.7 Å². The maximum Gasteiger partial charge on any atom is 0.233 e. The van der Waals surface area contributed by atoms with E-state index in [4.69, 9.17) is 0 Å². The van der Waals surface area contributed by atoms with Crippen molar-refractivity contribution in [2.75, 3.05) is 7.05 Å². The smallest absolute Gasteiger partial charge is 0.233 e. The standard InChI is InChI=1S/C17H19N5OS/c1-11-9-15-20-21-17(22(15)12(2)19-11)24-14(16(23)18-3)10-13-7-5-4-6-8-13/h4-9,14H,10H2,1-3H3,(H,18,23). The molecule has 1 unspecified atom stereocenters. The first-order valence-electron chi connectivity index (χ1n) is 7.70. The number of nitrogens with one attached hydrogen (secondary N) is 1. The molecule has 0 aliphatic rings. The Morgan fingerprint density at radius 1 is 1.25 bits per heavy atom. The lowest BCUT2D eigenvalue weighted by Crippen LogP contribution is -2.31. The van der Waals surface area contributed by atoms with Gasteiger partial charge in [0.2, 0.25) is 5.91 Å². The quantitative estimate of drug-likeness (QED) is 0.720. The summed E-state index contributed by atoms with van der Waals surface area (Å²) in [6.45, 7) is 3.84. The molecular formula is C17H19N5OS. The molecule has 0 aliphatic carbocycles. The minimum absolute atomic E-state index is 0.0293. The average Bonchev–Trinajstić information content (AvgIpc) is 2.97. The fourth-order valence-electron chi connectivity index (χ4n) is 2.58. The molecule has 2 heterocycles. The molecule has 7 heteroatoms. The highest BCUT2D eigenvalue weighted by atomic mass is 32.2. The molecule has 1 aromatic carbocycles. The van der Waals surface area contributed by atoms with Gasteiger partial charge in [-0.3, -0.25) is 9.20 Å². The van der Waals surface area contributed by atoms with Gasteiger partial charge in [0.05, 0.1) is 5.25 Å². The van der Waals surface area contributed by atoms with E-state index in [1.807, 2.05) is 54.6 Å². The highest BCUT2D eigenvalue weighted by molar-refractivity contribution is 8.00. The molecule has 1 N–H and O–H groups in total. The number of carbonyl (C=O) groups excluding carboxylic acids is 1. The topological polar surface area (TPSA) is 72.2 Å². The molecule has 3 aromatic rings. The molecule has 0 aliphatic heterocycles. The van der Waals surface area contributed by atoms with Crippen molar-refractivity contribution in [3.8, 4) is 0 Å². The van der Waals surface area contributed by atoms with Crippen molar-refractivity contribution in [1.82, 2.24) is 24.9 Å². The lowest BCUT2D eigenvalue weighted by atomic mass is 10.1. The minimum atomic E-state index is -0.287. The Kier molecular flexibility index (Phi) is 4.80. The number of rotatable bonds is 5. The van der Waals surface area contributed by atoms with Crippen LogP contribution in [0, 0.1) is 13.8 Å². The first-order valence-corrected chi connectivity index (χ1v) is 8.58. The maximum absolute atomic E-state index is 12.3. The largest absolute Gasteiger partial charge is 0.358 e. The Morgan fingerprint density at radius 3 is 2.71 bits per heavy atom. The summed E-state index contributed by atoms with van der Waals surface area (Å²) in [5, 5.41) is 11.6. The fourth-order valence-corrected chi connectivity index (χ4v) is 3.76. The van der Waals surface area contributed by atoms with Crippen LogP contribution in [0.1, 0.15) is 17.1 Å². The molecule has 0 fully saturated rings. The zero-order valence-electron chi connectivity index (χ0n) is 13.9. The zero-order chi connectivity index (χ0) is 17.1. The van der Waals surface area contributed by atoms with E-state index in [-0.39, 0.29) is 11.2 Å². The fraction of sp³-hybridized carbons (Fsp3) is 0.294. The number of benzene rings is 1. The monoisotopic (exact) mass is 341 g/mol. The molecule has 0 saturated heterocycles. The second kappa shape index (κ2) is 7.00. The van der Waals surface area contributed by atoms with E-state index < -0.39 is 0 Å². The second-order valence-electron chi connectivity index (χ2n) is 5.53. The Balaban J connectivity index is 1.92. The van der Waals surface area contributed by atoms with E-state index >= 15 is 0 Å². The van der Waals surface area contributed by atoms with Gasteiger partial charge in [0.15, 0.2) is 10.8 Å². The Hall–Kier alpha value is -2.41. The third-order valence-corrected chi connectivity index (χ3v) is 4.85. The van der Waals surface area contributed by atoms with E-state index in [1.54, 1.807) is 7.05 Å². The van der Waals surface area contributed by atoms with Crippen molar-refractivity contribution < 1.29 is 4.79 Å². The van der Waals surface area contributed by atoms with E-state index in [1.165, 1.54) is 11.8 Å². The summed E-state index contributed by atoms with van der Waals surface area (Å²) < 4.78 is 1.89. The van der Waals surface area contributed by atoms with Gasteiger partial charge in [-0.2, -0.15) is 0 Å². The summed E-state index contributed by atoms with van der Waals surface area (Å²) in [6, 6.07) is 11.8. The molecule has 0 bridgehead atoms. The number of aryl methyl sites for hydroxylation is 2. The van der Waals surface area contributed by atoms with Crippen LogP contribution in [-0.4, -0.2) is 37.8 Å².